The van der Waals surface area contributed by atoms with E-state index < -0.39 is 11.9 Å². The zero-order chi connectivity index (χ0) is 11.4. The smallest absolute Gasteiger partial charge is 0.320 e. The van der Waals surface area contributed by atoms with Gasteiger partial charge in [-0.25, -0.2) is 0 Å². The molecule has 0 saturated heterocycles. The van der Waals surface area contributed by atoms with Gasteiger partial charge in [-0.2, -0.15) is 0 Å². The van der Waals surface area contributed by atoms with Crippen LogP contribution in [0.15, 0.2) is 28.7 Å². The lowest BCUT2D eigenvalue weighted by Gasteiger charge is -2.11. The van der Waals surface area contributed by atoms with Gasteiger partial charge in [0.25, 0.3) is 0 Å². The summed E-state index contributed by atoms with van der Waals surface area (Å²) in [5.41, 5.74) is 0.651. The summed E-state index contributed by atoms with van der Waals surface area (Å²) < 4.78 is 5.49. The Bertz CT molecular complexity index is 370. The van der Waals surface area contributed by atoms with E-state index in [9.17, 15) is 9.59 Å². The van der Waals surface area contributed by atoms with Gasteiger partial charge in [-0.05, 0) is 24.6 Å². The highest BCUT2D eigenvalue weighted by atomic mass is 79.9. The Labute approximate surface area is 96.6 Å². The fourth-order valence-electron chi connectivity index (χ4n) is 1.31. The molecule has 0 radical (unpaired) electrons. The van der Waals surface area contributed by atoms with E-state index in [2.05, 4.69) is 20.7 Å². The van der Waals surface area contributed by atoms with Crippen LogP contribution in [0.3, 0.4) is 0 Å². The number of Topliss-reactive ketones (excluding diaryl/α,β-unsaturated/α-hetero) is 1. The van der Waals surface area contributed by atoms with Crippen molar-refractivity contribution in [2.75, 3.05) is 7.11 Å². The summed E-state index contributed by atoms with van der Waals surface area (Å²) in [5.74, 6) is -1.56. The monoisotopic (exact) mass is 270 g/mol. The maximum Gasteiger partial charge on any atom is 0.320 e. The zero-order valence-electron chi connectivity index (χ0n) is 8.49. The average Bonchev–Trinajstić information content (AvgIpc) is 2.20. The van der Waals surface area contributed by atoms with Crippen molar-refractivity contribution in [2.45, 2.75) is 12.8 Å². The van der Waals surface area contributed by atoms with Crippen LogP contribution in [-0.4, -0.2) is 18.9 Å². The number of benzene rings is 1. The normalized spacial score (nSPS) is 11.9. The van der Waals surface area contributed by atoms with Gasteiger partial charge in [-0.3, -0.25) is 9.59 Å². The third-order valence-electron chi connectivity index (χ3n) is 2.05. The molecule has 80 valence electrons. The first-order valence-corrected chi connectivity index (χ1v) is 5.19. The molecule has 1 aromatic carbocycles. The first-order valence-electron chi connectivity index (χ1n) is 4.40. The summed E-state index contributed by atoms with van der Waals surface area (Å²) in [4.78, 5) is 22.7. The van der Waals surface area contributed by atoms with Gasteiger partial charge in [-0.1, -0.05) is 28.1 Å². The number of carbonyl (C=O) groups is 2. The minimum atomic E-state index is -0.817. The first-order chi connectivity index (χ1) is 7.06. The van der Waals surface area contributed by atoms with Crippen molar-refractivity contribution in [1.29, 1.82) is 0 Å². The number of carbonyl (C=O) groups excluding carboxylic acids is 2. The third-order valence-corrected chi connectivity index (χ3v) is 2.58. The molecule has 0 spiro atoms. The fourth-order valence-corrected chi connectivity index (χ4v) is 1.57. The Morgan fingerprint density at radius 1 is 1.27 bits per heavy atom. The van der Waals surface area contributed by atoms with Crippen molar-refractivity contribution in [3.8, 4) is 0 Å². The van der Waals surface area contributed by atoms with Gasteiger partial charge < -0.3 is 4.74 Å². The van der Waals surface area contributed by atoms with Crippen molar-refractivity contribution >= 4 is 27.7 Å². The van der Waals surface area contributed by atoms with Crippen LogP contribution < -0.4 is 0 Å². The van der Waals surface area contributed by atoms with E-state index >= 15 is 0 Å². The molecule has 0 heterocycles. The Balaban J connectivity index is 3.04. The van der Waals surface area contributed by atoms with Crippen molar-refractivity contribution < 1.29 is 14.3 Å². The summed E-state index contributed by atoms with van der Waals surface area (Å²) in [6.07, 6.45) is 0. The van der Waals surface area contributed by atoms with E-state index in [0.717, 1.165) is 4.47 Å². The molecule has 3 nitrogen and oxygen atoms in total. The van der Waals surface area contributed by atoms with Gasteiger partial charge in [-0.15, -0.1) is 0 Å². The lowest BCUT2D eigenvalue weighted by molar-refractivity contribution is -0.145. The summed E-state index contributed by atoms with van der Waals surface area (Å²) in [5, 5.41) is 0. The predicted octanol–water partition coefficient (Wildman–Crippen LogP) is 2.29. The Kier molecular flexibility index (Phi) is 4.03. The number of halogens is 1. The minimum Gasteiger partial charge on any atom is -0.468 e. The standard InChI is InChI=1S/C11H11BrO3/c1-7(13)10(11(14)15-2)8-3-5-9(12)6-4-8/h3-6,10H,1-2H3. The van der Waals surface area contributed by atoms with Crippen LogP contribution in [0, 0.1) is 0 Å². The maximum atomic E-state index is 11.4. The van der Waals surface area contributed by atoms with Gasteiger partial charge in [0.1, 0.15) is 11.7 Å². The van der Waals surface area contributed by atoms with Crippen molar-refractivity contribution in [2.24, 2.45) is 0 Å². The molecule has 1 rings (SSSR count). The highest BCUT2D eigenvalue weighted by Gasteiger charge is 2.25. The quantitative estimate of drug-likeness (QED) is 0.625. The van der Waals surface area contributed by atoms with Crippen LogP contribution >= 0.6 is 15.9 Å². The van der Waals surface area contributed by atoms with Crippen molar-refractivity contribution in [1.82, 2.24) is 0 Å². The molecule has 1 aromatic rings. The molecule has 0 aromatic heterocycles. The highest BCUT2D eigenvalue weighted by Crippen LogP contribution is 2.20. The molecule has 0 aliphatic carbocycles. The maximum absolute atomic E-state index is 11.4. The molecule has 1 atom stereocenters. The van der Waals surface area contributed by atoms with E-state index in [-0.39, 0.29) is 5.78 Å². The van der Waals surface area contributed by atoms with Gasteiger partial charge >= 0.3 is 5.97 Å². The van der Waals surface area contributed by atoms with Gasteiger partial charge in [0, 0.05) is 4.47 Å². The van der Waals surface area contributed by atoms with Crippen LogP contribution in [0.2, 0.25) is 0 Å². The van der Waals surface area contributed by atoms with Crippen molar-refractivity contribution in [3.63, 3.8) is 0 Å². The SMILES string of the molecule is COC(=O)C(C(C)=O)c1ccc(Br)cc1. The van der Waals surface area contributed by atoms with Gasteiger partial charge in [0.05, 0.1) is 7.11 Å². The summed E-state index contributed by atoms with van der Waals surface area (Å²) in [6.45, 7) is 1.38. The Hall–Kier alpha value is -1.16. The van der Waals surface area contributed by atoms with E-state index in [1.807, 2.05) is 0 Å². The van der Waals surface area contributed by atoms with Crippen molar-refractivity contribution in [3.05, 3.63) is 34.3 Å². The number of hydrogen-bond donors (Lipinski definition) is 0. The third kappa shape index (κ3) is 2.89. The summed E-state index contributed by atoms with van der Waals surface area (Å²) >= 11 is 3.28. The molecule has 4 heteroatoms. The number of esters is 1. The second-order valence-corrected chi connectivity index (χ2v) is 4.03. The van der Waals surface area contributed by atoms with Crippen LogP contribution in [0.25, 0.3) is 0 Å². The average molecular weight is 271 g/mol. The number of ether oxygens (including phenoxy) is 1. The van der Waals surface area contributed by atoms with E-state index in [4.69, 9.17) is 0 Å². The Morgan fingerprint density at radius 2 is 1.80 bits per heavy atom. The van der Waals surface area contributed by atoms with Gasteiger partial charge in [0.2, 0.25) is 0 Å². The second kappa shape index (κ2) is 5.07. The molecule has 0 N–H and O–H groups in total. The van der Waals surface area contributed by atoms with E-state index in [1.165, 1.54) is 14.0 Å². The molecule has 1 unspecified atom stereocenters. The van der Waals surface area contributed by atoms with Crippen LogP contribution in [0.4, 0.5) is 0 Å². The fraction of sp³-hybridized carbons (Fsp3) is 0.273. The molecule has 15 heavy (non-hydrogen) atoms. The number of ketones is 1. The zero-order valence-corrected chi connectivity index (χ0v) is 10.1. The van der Waals surface area contributed by atoms with Crippen LogP contribution in [0.5, 0.6) is 0 Å². The van der Waals surface area contributed by atoms with Gasteiger partial charge in [0.15, 0.2) is 0 Å². The molecular formula is C11H11BrO3. The van der Waals surface area contributed by atoms with E-state index in [1.54, 1.807) is 24.3 Å². The lowest BCUT2D eigenvalue weighted by Crippen LogP contribution is -2.20. The predicted molar refractivity (Wildman–Crippen MR) is 59.6 cm³/mol. The van der Waals surface area contributed by atoms with Crippen LogP contribution in [-0.2, 0) is 14.3 Å². The number of hydrogen-bond acceptors (Lipinski definition) is 3. The largest absolute Gasteiger partial charge is 0.468 e. The number of methoxy groups -OCH3 is 1. The van der Waals surface area contributed by atoms with Crippen LogP contribution in [0.1, 0.15) is 18.4 Å². The molecule has 0 aliphatic heterocycles. The lowest BCUT2D eigenvalue weighted by atomic mass is 9.96. The molecule has 0 fully saturated rings. The summed E-state index contributed by atoms with van der Waals surface area (Å²) in [7, 11) is 1.27. The molecular weight excluding hydrogens is 260 g/mol. The molecule has 0 amide bonds. The Morgan fingerprint density at radius 3 is 2.20 bits per heavy atom. The molecule has 0 bridgehead atoms. The minimum absolute atomic E-state index is 0.218. The number of rotatable bonds is 3. The second-order valence-electron chi connectivity index (χ2n) is 3.12. The first kappa shape index (κ1) is 11.9. The summed E-state index contributed by atoms with van der Waals surface area (Å²) in [6, 6.07) is 7.03. The topological polar surface area (TPSA) is 43.4 Å². The molecule has 0 saturated carbocycles. The highest BCUT2D eigenvalue weighted by molar-refractivity contribution is 9.10. The molecule has 0 aliphatic rings. The van der Waals surface area contributed by atoms with E-state index in [0.29, 0.717) is 5.56 Å².